The van der Waals surface area contributed by atoms with E-state index in [1.54, 1.807) is 0 Å². The zero-order valence-corrected chi connectivity index (χ0v) is 15.3. The van der Waals surface area contributed by atoms with E-state index in [2.05, 4.69) is 15.2 Å². The molecule has 0 bridgehead atoms. The summed E-state index contributed by atoms with van der Waals surface area (Å²) >= 11 is 5.89. The predicted molar refractivity (Wildman–Crippen MR) is 102 cm³/mol. The van der Waals surface area contributed by atoms with E-state index in [9.17, 15) is 4.79 Å². The van der Waals surface area contributed by atoms with Gasteiger partial charge in [0.25, 0.3) is 0 Å². The number of aromatic nitrogens is 1. The van der Waals surface area contributed by atoms with Gasteiger partial charge in [0.15, 0.2) is 0 Å². The average Bonchev–Trinajstić information content (AvgIpc) is 2.63. The van der Waals surface area contributed by atoms with Gasteiger partial charge in [-0.3, -0.25) is 4.79 Å². The number of halogens is 1. The summed E-state index contributed by atoms with van der Waals surface area (Å²) in [5.41, 5.74) is 2.19. The number of pyridine rings is 1. The lowest BCUT2D eigenvalue weighted by Crippen LogP contribution is -2.43. The maximum atomic E-state index is 12.5. The first kappa shape index (κ1) is 17.7. The van der Waals surface area contributed by atoms with Crippen LogP contribution in [0.15, 0.2) is 42.5 Å². The van der Waals surface area contributed by atoms with E-state index in [-0.39, 0.29) is 11.8 Å². The second-order valence-corrected chi connectivity index (χ2v) is 7.03. The van der Waals surface area contributed by atoms with Crippen molar-refractivity contribution in [2.75, 3.05) is 24.5 Å². The Kier molecular flexibility index (Phi) is 5.92. The van der Waals surface area contributed by atoms with Gasteiger partial charge in [-0.15, -0.1) is 0 Å². The van der Waals surface area contributed by atoms with Gasteiger partial charge in [0, 0.05) is 30.4 Å². The van der Waals surface area contributed by atoms with Crippen molar-refractivity contribution in [3.05, 3.63) is 58.7 Å². The smallest absolute Gasteiger partial charge is 0.224 e. The fraction of sp³-hybridized carbons (Fsp3) is 0.400. The molecule has 0 saturated carbocycles. The van der Waals surface area contributed by atoms with Crippen LogP contribution in [-0.4, -0.2) is 30.5 Å². The van der Waals surface area contributed by atoms with Crippen LogP contribution in [0.4, 0.5) is 5.82 Å². The van der Waals surface area contributed by atoms with Gasteiger partial charge in [-0.2, -0.15) is 0 Å². The Balaban J connectivity index is 1.50. The molecule has 132 valence electrons. The van der Waals surface area contributed by atoms with E-state index < -0.39 is 0 Å². The number of carbonyl (C=O) groups excluding carboxylic acids is 1. The lowest BCUT2D eigenvalue weighted by molar-refractivity contribution is -0.125. The highest BCUT2D eigenvalue weighted by Gasteiger charge is 2.26. The van der Waals surface area contributed by atoms with E-state index in [0.717, 1.165) is 48.9 Å². The Hall–Kier alpha value is -2.07. The summed E-state index contributed by atoms with van der Waals surface area (Å²) in [4.78, 5) is 19.3. The van der Waals surface area contributed by atoms with Gasteiger partial charge in [0.1, 0.15) is 5.82 Å². The Morgan fingerprint density at radius 3 is 2.84 bits per heavy atom. The van der Waals surface area contributed by atoms with Gasteiger partial charge < -0.3 is 10.2 Å². The summed E-state index contributed by atoms with van der Waals surface area (Å²) in [5.74, 6) is 1.14. The van der Waals surface area contributed by atoms with Gasteiger partial charge in [-0.25, -0.2) is 4.98 Å². The number of piperidine rings is 1. The van der Waals surface area contributed by atoms with Gasteiger partial charge in [-0.05, 0) is 56.0 Å². The second kappa shape index (κ2) is 8.34. The lowest BCUT2D eigenvalue weighted by Gasteiger charge is -2.33. The first-order valence-electron chi connectivity index (χ1n) is 8.82. The number of rotatable bonds is 5. The first-order valence-corrected chi connectivity index (χ1v) is 9.20. The SMILES string of the molecule is Cc1cccc(N2CCC[C@@H](C(=O)NCCc3ccc(Cl)cc3)C2)n1. The van der Waals surface area contributed by atoms with Gasteiger partial charge in [0.2, 0.25) is 5.91 Å². The molecule has 1 N–H and O–H groups in total. The number of carbonyl (C=O) groups is 1. The van der Waals surface area contributed by atoms with Crippen molar-refractivity contribution in [2.45, 2.75) is 26.2 Å². The Labute approximate surface area is 154 Å². The molecule has 2 heterocycles. The molecule has 25 heavy (non-hydrogen) atoms. The molecule has 1 aliphatic heterocycles. The van der Waals surface area contributed by atoms with Crippen LogP contribution in [0, 0.1) is 12.8 Å². The molecule has 0 unspecified atom stereocenters. The molecule has 1 amide bonds. The molecule has 1 aliphatic rings. The minimum atomic E-state index is 0.0290. The standard InChI is InChI=1S/C20H24ClN3O/c1-15-4-2-6-19(23-15)24-13-3-5-17(14-24)20(25)22-12-11-16-7-9-18(21)10-8-16/h2,4,6-10,17H,3,5,11-14H2,1H3,(H,22,25)/t17-/m1/s1. The van der Waals surface area contributed by atoms with E-state index in [4.69, 9.17) is 11.6 Å². The minimum absolute atomic E-state index is 0.0290. The number of aryl methyl sites for hydroxylation is 1. The monoisotopic (exact) mass is 357 g/mol. The average molecular weight is 358 g/mol. The number of nitrogens with one attached hydrogen (secondary N) is 1. The van der Waals surface area contributed by atoms with Crippen molar-refractivity contribution in [2.24, 2.45) is 5.92 Å². The number of amides is 1. The molecule has 0 spiro atoms. The normalized spacial score (nSPS) is 17.4. The zero-order valence-electron chi connectivity index (χ0n) is 14.5. The second-order valence-electron chi connectivity index (χ2n) is 6.59. The van der Waals surface area contributed by atoms with Gasteiger partial charge in [0.05, 0.1) is 5.92 Å². The molecule has 1 atom stereocenters. The molecule has 4 nitrogen and oxygen atoms in total. The topological polar surface area (TPSA) is 45.2 Å². The maximum Gasteiger partial charge on any atom is 0.224 e. The molecular weight excluding hydrogens is 334 g/mol. The number of benzene rings is 1. The van der Waals surface area contributed by atoms with E-state index in [1.165, 1.54) is 5.56 Å². The summed E-state index contributed by atoms with van der Waals surface area (Å²) in [5, 5.41) is 3.82. The number of hydrogen-bond acceptors (Lipinski definition) is 3. The van der Waals surface area contributed by atoms with E-state index in [1.807, 2.05) is 49.4 Å². The van der Waals surface area contributed by atoms with Crippen LogP contribution >= 0.6 is 11.6 Å². The highest BCUT2D eigenvalue weighted by Crippen LogP contribution is 2.22. The minimum Gasteiger partial charge on any atom is -0.356 e. The van der Waals surface area contributed by atoms with Crippen molar-refractivity contribution in [1.29, 1.82) is 0 Å². The van der Waals surface area contributed by atoms with Crippen LogP contribution in [0.1, 0.15) is 24.1 Å². The van der Waals surface area contributed by atoms with Crippen LogP contribution in [0.3, 0.4) is 0 Å². The maximum absolute atomic E-state index is 12.5. The Morgan fingerprint density at radius 1 is 1.28 bits per heavy atom. The van der Waals surface area contributed by atoms with Crippen LogP contribution in [0.5, 0.6) is 0 Å². The third-order valence-electron chi connectivity index (χ3n) is 4.62. The Bertz CT molecular complexity index is 717. The molecular formula is C20H24ClN3O. The predicted octanol–water partition coefficient (Wildman–Crippen LogP) is 3.62. The molecule has 1 aromatic heterocycles. The summed E-state index contributed by atoms with van der Waals surface area (Å²) < 4.78 is 0. The van der Waals surface area contributed by atoms with E-state index >= 15 is 0 Å². The molecule has 1 fully saturated rings. The third-order valence-corrected chi connectivity index (χ3v) is 4.87. The summed E-state index contributed by atoms with van der Waals surface area (Å²) in [7, 11) is 0. The fourth-order valence-electron chi connectivity index (χ4n) is 3.23. The summed E-state index contributed by atoms with van der Waals surface area (Å²) in [6.45, 7) is 4.35. The molecule has 1 saturated heterocycles. The number of hydrogen-bond donors (Lipinski definition) is 1. The lowest BCUT2D eigenvalue weighted by atomic mass is 9.97. The number of anilines is 1. The molecule has 1 aromatic carbocycles. The summed E-state index contributed by atoms with van der Waals surface area (Å²) in [6, 6.07) is 13.8. The van der Waals surface area contributed by atoms with Crippen molar-refractivity contribution in [1.82, 2.24) is 10.3 Å². The van der Waals surface area contributed by atoms with Crippen molar-refractivity contribution in [3.8, 4) is 0 Å². The summed E-state index contributed by atoms with van der Waals surface area (Å²) in [6.07, 6.45) is 2.78. The van der Waals surface area contributed by atoms with Gasteiger partial charge in [-0.1, -0.05) is 29.8 Å². The highest BCUT2D eigenvalue weighted by molar-refractivity contribution is 6.30. The highest BCUT2D eigenvalue weighted by atomic mass is 35.5. The molecule has 3 rings (SSSR count). The van der Waals surface area contributed by atoms with Crippen LogP contribution < -0.4 is 10.2 Å². The third kappa shape index (κ3) is 4.95. The van der Waals surface area contributed by atoms with Crippen molar-refractivity contribution < 1.29 is 4.79 Å². The van der Waals surface area contributed by atoms with Crippen molar-refractivity contribution >= 4 is 23.3 Å². The molecule has 5 heteroatoms. The molecule has 0 aliphatic carbocycles. The largest absolute Gasteiger partial charge is 0.356 e. The first-order chi connectivity index (χ1) is 12.1. The van der Waals surface area contributed by atoms with Crippen LogP contribution in [0.25, 0.3) is 0 Å². The van der Waals surface area contributed by atoms with Crippen LogP contribution in [-0.2, 0) is 11.2 Å². The van der Waals surface area contributed by atoms with Gasteiger partial charge >= 0.3 is 0 Å². The quantitative estimate of drug-likeness (QED) is 0.888. The van der Waals surface area contributed by atoms with Crippen LogP contribution in [0.2, 0.25) is 5.02 Å². The fourth-order valence-corrected chi connectivity index (χ4v) is 3.36. The van der Waals surface area contributed by atoms with Crippen molar-refractivity contribution in [3.63, 3.8) is 0 Å². The molecule has 2 aromatic rings. The zero-order chi connectivity index (χ0) is 17.6. The molecule has 0 radical (unpaired) electrons. The number of nitrogens with zero attached hydrogens (tertiary/aromatic N) is 2. The Morgan fingerprint density at radius 2 is 2.08 bits per heavy atom. The van der Waals surface area contributed by atoms with E-state index in [0.29, 0.717) is 6.54 Å².